The van der Waals surface area contributed by atoms with Gasteiger partial charge in [0.15, 0.2) is 0 Å². The van der Waals surface area contributed by atoms with E-state index in [0.29, 0.717) is 37.2 Å². The Morgan fingerprint density at radius 3 is 2.41 bits per heavy atom. The summed E-state index contributed by atoms with van der Waals surface area (Å²) in [5.41, 5.74) is 2.74. The monoisotopic (exact) mass is 470 g/mol. The molecule has 184 valence electrons. The molecule has 1 saturated heterocycles. The van der Waals surface area contributed by atoms with Gasteiger partial charge in [0.25, 0.3) is 5.91 Å². The zero-order valence-corrected chi connectivity index (χ0v) is 20.5. The van der Waals surface area contributed by atoms with E-state index >= 15 is 0 Å². The molecule has 2 atom stereocenters. The third kappa shape index (κ3) is 6.22. The average molecular weight is 471 g/mol. The maximum absolute atomic E-state index is 13.4. The molecule has 0 radical (unpaired) electrons. The number of amides is 3. The van der Waals surface area contributed by atoms with Gasteiger partial charge in [0.2, 0.25) is 11.8 Å². The Kier molecular flexibility index (Phi) is 7.76. The van der Waals surface area contributed by atoms with Crippen molar-refractivity contribution in [2.45, 2.75) is 39.2 Å². The average Bonchev–Trinajstić information content (AvgIpc) is 2.77. The molecule has 0 saturated carbocycles. The number of benzene rings is 1. The van der Waals surface area contributed by atoms with E-state index in [-0.39, 0.29) is 30.2 Å². The fraction of sp³-hybridized carbons (Fsp3) is 0.520. The number of hydrogen-bond donors (Lipinski definition) is 1. The molecule has 1 aromatic carbocycles. The third-order valence-corrected chi connectivity index (χ3v) is 5.72. The highest BCUT2D eigenvalue weighted by molar-refractivity contribution is 6.05. The molecule has 3 rings (SSSR count). The molecule has 0 bridgehead atoms. The Labute approximate surface area is 200 Å². The lowest BCUT2D eigenvalue weighted by atomic mass is 9.80. The predicted molar refractivity (Wildman–Crippen MR) is 128 cm³/mol. The number of nitrogens with zero attached hydrogens (tertiary/aromatic N) is 3. The zero-order valence-electron chi connectivity index (χ0n) is 20.5. The maximum Gasteiger partial charge on any atom is 0.326 e. The minimum absolute atomic E-state index is 0.191. The van der Waals surface area contributed by atoms with E-state index in [2.05, 4.69) is 5.43 Å². The lowest BCUT2D eigenvalue weighted by Crippen LogP contribution is -2.59. The first kappa shape index (κ1) is 25.4. The highest BCUT2D eigenvalue weighted by Crippen LogP contribution is 2.32. The SMILES string of the molecule is CN(C)CCN(CC(=O)OC(C)(C)C)C(=O)c1cccc(N2NC(=O)C3CC=CCC3C2=O)c1. The second-order valence-electron chi connectivity index (χ2n) is 9.97. The molecule has 1 aromatic rings. The molecule has 3 amide bonds. The summed E-state index contributed by atoms with van der Waals surface area (Å²) < 4.78 is 5.40. The number of carbonyl (C=O) groups is 4. The molecule has 1 aliphatic carbocycles. The van der Waals surface area contributed by atoms with Crippen molar-refractivity contribution in [1.82, 2.24) is 15.2 Å². The van der Waals surface area contributed by atoms with Gasteiger partial charge in [-0.1, -0.05) is 18.2 Å². The molecule has 1 heterocycles. The number of ether oxygens (including phenoxy) is 1. The Morgan fingerprint density at radius 1 is 1.09 bits per heavy atom. The number of nitrogens with one attached hydrogen (secondary N) is 1. The highest BCUT2D eigenvalue weighted by Gasteiger charge is 2.42. The van der Waals surface area contributed by atoms with Crippen LogP contribution in [0.1, 0.15) is 44.0 Å². The van der Waals surface area contributed by atoms with Crippen LogP contribution < -0.4 is 10.4 Å². The van der Waals surface area contributed by atoms with Gasteiger partial charge in [0, 0.05) is 18.7 Å². The Hall–Kier alpha value is -3.20. The second kappa shape index (κ2) is 10.4. The minimum atomic E-state index is -0.660. The van der Waals surface area contributed by atoms with Gasteiger partial charge in [-0.3, -0.25) is 24.6 Å². The van der Waals surface area contributed by atoms with Crippen LogP contribution in [-0.4, -0.2) is 72.8 Å². The fourth-order valence-electron chi connectivity index (χ4n) is 4.05. The molecular formula is C25H34N4O5. The van der Waals surface area contributed by atoms with Crippen molar-refractivity contribution >= 4 is 29.4 Å². The first-order chi connectivity index (χ1) is 16.0. The number of hydrogen-bond acceptors (Lipinski definition) is 6. The van der Waals surface area contributed by atoms with Crippen LogP contribution in [-0.2, 0) is 19.1 Å². The number of anilines is 1. The molecule has 34 heavy (non-hydrogen) atoms. The van der Waals surface area contributed by atoms with Crippen molar-refractivity contribution in [1.29, 1.82) is 0 Å². The van der Waals surface area contributed by atoms with E-state index in [9.17, 15) is 19.2 Å². The van der Waals surface area contributed by atoms with Gasteiger partial charge in [-0.25, -0.2) is 5.01 Å². The minimum Gasteiger partial charge on any atom is -0.459 e. The summed E-state index contributed by atoms with van der Waals surface area (Å²) in [4.78, 5) is 54.9. The van der Waals surface area contributed by atoms with Crippen LogP contribution in [0.4, 0.5) is 5.69 Å². The Morgan fingerprint density at radius 2 is 1.76 bits per heavy atom. The number of allylic oxidation sites excluding steroid dienone is 2. The van der Waals surface area contributed by atoms with Gasteiger partial charge in [-0.05, 0) is 65.9 Å². The quantitative estimate of drug-likeness (QED) is 0.483. The number of hydrazine groups is 1. The first-order valence-corrected chi connectivity index (χ1v) is 11.5. The second-order valence-corrected chi connectivity index (χ2v) is 9.97. The Balaban J connectivity index is 1.81. The van der Waals surface area contributed by atoms with Gasteiger partial charge < -0.3 is 14.5 Å². The summed E-state index contributed by atoms with van der Waals surface area (Å²) in [5.74, 6) is -2.04. The summed E-state index contributed by atoms with van der Waals surface area (Å²) in [5, 5.41) is 1.23. The van der Waals surface area contributed by atoms with Crippen molar-refractivity contribution < 1.29 is 23.9 Å². The summed E-state index contributed by atoms with van der Waals surface area (Å²) in [6, 6.07) is 6.53. The summed E-state index contributed by atoms with van der Waals surface area (Å²) in [6.45, 7) is 6.02. The standard InChI is InChI=1S/C25H34N4O5/c1-25(2,3)34-21(30)16-28(14-13-27(4)5)23(32)17-9-8-10-18(15-17)29-24(33)20-12-7-6-11-19(20)22(31)26-29/h6-10,15,19-20H,11-14,16H2,1-5H3,(H,26,31). The van der Waals surface area contributed by atoms with Crippen molar-refractivity contribution in [3.8, 4) is 0 Å². The van der Waals surface area contributed by atoms with Crippen molar-refractivity contribution in [2.24, 2.45) is 11.8 Å². The molecule has 9 heteroatoms. The maximum atomic E-state index is 13.4. The number of fused-ring (bicyclic) bond motifs is 1. The topological polar surface area (TPSA) is 99.3 Å². The van der Waals surface area contributed by atoms with E-state index < -0.39 is 17.5 Å². The fourth-order valence-corrected chi connectivity index (χ4v) is 4.05. The summed E-state index contributed by atoms with van der Waals surface area (Å²) >= 11 is 0. The van der Waals surface area contributed by atoms with E-state index in [0.717, 1.165) is 0 Å². The van der Waals surface area contributed by atoms with Crippen molar-refractivity contribution in [3.05, 3.63) is 42.0 Å². The van der Waals surface area contributed by atoms with E-state index in [1.165, 1.54) is 9.91 Å². The molecule has 9 nitrogen and oxygen atoms in total. The summed E-state index contributed by atoms with van der Waals surface area (Å²) in [7, 11) is 3.77. The van der Waals surface area contributed by atoms with Crippen molar-refractivity contribution in [3.63, 3.8) is 0 Å². The molecule has 1 N–H and O–H groups in total. The van der Waals surface area contributed by atoms with Crippen LogP contribution in [0.5, 0.6) is 0 Å². The lowest BCUT2D eigenvalue weighted by molar-refractivity contribution is -0.155. The van der Waals surface area contributed by atoms with E-state index in [4.69, 9.17) is 4.74 Å². The number of esters is 1. The highest BCUT2D eigenvalue weighted by atomic mass is 16.6. The zero-order chi connectivity index (χ0) is 25.0. The van der Waals surface area contributed by atoms with Gasteiger partial charge in [0.05, 0.1) is 17.5 Å². The number of carbonyl (C=O) groups excluding carboxylic acids is 4. The van der Waals surface area contributed by atoms with Gasteiger partial charge >= 0.3 is 5.97 Å². The third-order valence-electron chi connectivity index (χ3n) is 5.72. The van der Waals surface area contributed by atoms with Crippen LogP contribution in [0.2, 0.25) is 0 Å². The first-order valence-electron chi connectivity index (χ1n) is 11.5. The molecule has 1 aliphatic heterocycles. The predicted octanol–water partition coefficient (Wildman–Crippen LogP) is 1.99. The number of likely N-dealkylation sites (N-methyl/N-ethyl adjacent to an activating group) is 1. The summed E-state index contributed by atoms with van der Waals surface area (Å²) in [6.07, 6.45) is 4.91. The van der Waals surface area contributed by atoms with Gasteiger partial charge in [-0.15, -0.1) is 0 Å². The largest absolute Gasteiger partial charge is 0.459 e. The molecule has 1 fully saturated rings. The van der Waals surface area contributed by atoms with Gasteiger partial charge in [0.1, 0.15) is 12.1 Å². The molecule has 0 aromatic heterocycles. The smallest absolute Gasteiger partial charge is 0.326 e. The molecular weight excluding hydrogens is 436 g/mol. The van der Waals surface area contributed by atoms with Crippen LogP contribution in [0.15, 0.2) is 36.4 Å². The number of rotatable bonds is 7. The molecule has 0 spiro atoms. The Bertz CT molecular complexity index is 982. The van der Waals surface area contributed by atoms with Crippen LogP contribution in [0, 0.1) is 11.8 Å². The van der Waals surface area contributed by atoms with Gasteiger partial charge in [-0.2, -0.15) is 0 Å². The molecule has 2 unspecified atom stereocenters. The van der Waals surface area contributed by atoms with Crippen LogP contribution in [0.25, 0.3) is 0 Å². The molecule has 2 aliphatic rings. The normalized spacial score (nSPS) is 20.1. The van der Waals surface area contributed by atoms with Crippen molar-refractivity contribution in [2.75, 3.05) is 38.7 Å². The lowest BCUT2D eigenvalue weighted by Gasteiger charge is -2.38. The van der Waals surface area contributed by atoms with E-state index in [1.54, 1.807) is 45.0 Å². The van der Waals surface area contributed by atoms with E-state index in [1.807, 2.05) is 31.1 Å². The van der Waals surface area contributed by atoms with Crippen LogP contribution >= 0.6 is 0 Å². The van der Waals surface area contributed by atoms with Crippen LogP contribution in [0.3, 0.4) is 0 Å².